The van der Waals surface area contributed by atoms with Crippen molar-refractivity contribution in [1.29, 1.82) is 0 Å². The van der Waals surface area contributed by atoms with Gasteiger partial charge in [-0.25, -0.2) is 21.6 Å². The maximum Gasteiger partial charge on any atom is 1.00 e. The Kier molecular flexibility index (Phi) is 11.6. The molecule has 10 nitrogen and oxygen atoms in total. The molecule has 3 unspecified atom stereocenters. The van der Waals surface area contributed by atoms with Gasteiger partial charge in [0.2, 0.25) is 10.4 Å². The molecule has 0 spiro atoms. The normalized spacial score (nSPS) is 27.2. The summed E-state index contributed by atoms with van der Waals surface area (Å²) in [6.07, 6.45) is -2.30. The number of aliphatic hydroxyl groups is 1. The molecule has 0 aromatic carbocycles. The molecule has 1 rings (SSSR count). The van der Waals surface area contributed by atoms with E-state index in [4.69, 9.17) is 4.74 Å². The van der Waals surface area contributed by atoms with Gasteiger partial charge < -0.3 is 18.9 Å². The molecule has 0 saturated carbocycles. The van der Waals surface area contributed by atoms with Crippen LogP contribution in [0.1, 0.15) is 6.42 Å². The van der Waals surface area contributed by atoms with Crippen molar-refractivity contribution in [2.24, 2.45) is 0 Å². The molecule has 1 fully saturated rings. The third kappa shape index (κ3) is 10.4. The molecule has 20 heavy (non-hydrogen) atoms. The molecule has 108 valence electrons. The second-order valence-corrected chi connectivity index (χ2v) is 5.83. The topological polar surface area (TPSA) is 165 Å². The fourth-order valence-electron chi connectivity index (χ4n) is 1.43. The van der Waals surface area contributed by atoms with Gasteiger partial charge in [0.05, 0.1) is 31.5 Å². The van der Waals surface area contributed by atoms with Crippen LogP contribution in [0.2, 0.25) is 0 Å². The Morgan fingerprint density at radius 1 is 1.25 bits per heavy atom. The molecule has 1 heterocycles. The standard InChI is InChI=1S/C6H13NO9S2.2Na/c8-6-1-4(2-16-18(12,13)14)15-3-5(6)7-17(9,10)11;;/h4-8H,1-3H2,(H,9,10,11)(H,12,13,14);;/q;2*+1/p-2. The van der Waals surface area contributed by atoms with Gasteiger partial charge in [0.1, 0.15) is 0 Å². The van der Waals surface area contributed by atoms with E-state index in [9.17, 15) is 31.0 Å². The van der Waals surface area contributed by atoms with Gasteiger partial charge in [0.15, 0.2) is 10.3 Å². The number of nitrogens with one attached hydrogen (secondary N) is 1. The molecule has 1 saturated heterocycles. The largest absolute Gasteiger partial charge is 1.00 e. The van der Waals surface area contributed by atoms with E-state index in [1.807, 2.05) is 0 Å². The fourth-order valence-corrected chi connectivity index (χ4v) is 2.34. The zero-order chi connectivity index (χ0) is 14.0. The minimum Gasteiger partial charge on any atom is -0.735 e. The van der Waals surface area contributed by atoms with Gasteiger partial charge >= 0.3 is 59.1 Å². The molecule has 0 aliphatic carbocycles. The molecule has 14 heteroatoms. The number of hydrogen-bond acceptors (Lipinski definition) is 9. The van der Waals surface area contributed by atoms with E-state index in [-0.39, 0.29) is 72.1 Å². The summed E-state index contributed by atoms with van der Waals surface area (Å²) in [6, 6.07) is -1.12. The second kappa shape index (κ2) is 9.72. The van der Waals surface area contributed by atoms with Gasteiger partial charge in [0, 0.05) is 6.42 Å². The predicted molar refractivity (Wildman–Crippen MR) is 52.6 cm³/mol. The second-order valence-electron chi connectivity index (χ2n) is 3.63. The fraction of sp³-hybridized carbons (Fsp3) is 1.00. The number of ether oxygens (including phenoxy) is 1. The van der Waals surface area contributed by atoms with Crippen molar-refractivity contribution in [3.8, 4) is 0 Å². The van der Waals surface area contributed by atoms with Crippen molar-refractivity contribution < 1.29 is 99.1 Å². The first-order chi connectivity index (χ1) is 8.07. The monoisotopic (exact) mass is 351 g/mol. The smallest absolute Gasteiger partial charge is 0.735 e. The molecule has 0 aromatic rings. The Morgan fingerprint density at radius 2 is 1.80 bits per heavy atom. The molecular formula is C6H11NNa2O9S2. The zero-order valence-corrected chi connectivity index (χ0v) is 16.5. The van der Waals surface area contributed by atoms with E-state index in [0.29, 0.717) is 0 Å². The minimum atomic E-state index is -4.86. The molecule has 0 bridgehead atoms. The van der Waals surface area contributed by atoms with Gasteiger partial charge in [-0.05, 0) is 0 Å². The number of hydrogen-bond donors (Lipinski definition) is 2. The van der Waals surface area contributed by atoms with Crippen LogP contribution in [-0.4, -0.2) is 62.5 Å². The van der Waals surface area contributed by atoms with Crippen molar-refractivity contribution >= 4 is 20.7 Å². The Hall–Kier alpha value is 1.66. The Morgan fingerprint density at radius 3 is 2.20 bits per heavy atom. The predicted octanol–water partition coefficient (Wildman–Crippen LogP) is -8.96. The van der Waals surface area contributed by atoms with Crippen molar-refractivity contribution in [2.45, 2.75) is 24.7 Å². The number of aliphatic hydroxyl groups excluding tert-OH is 1. The minimum absolute atomic E-state index is 0. The first-order valence-electron chi connectivity index (χ1n) is 4.70. The Labute approximate surface area is 161 Å². The van der Waals surface area contributed by atoms with E-state index < -0.39 is 45.6 Å². The maximum absolute atomic E-state index is 10.4. The van der Waals surface area contributed by atoms with E-state index in [1.165, 1.54) is 0 Å². The van der Waals surface area contributed by atoms with Gasteiger partial charge in [-0.3, -0.25) is 4.18 Å². The van der Waals surface area contributed by atoms with Crippen LogP contribution in [-0.2, 0) is 29.6 Å². The van der Waals surface area contributed by atoms with Crippen LogP contribution >= 0.6 is 0 Å². The summed E-state index contributed by atoms with van der Waals surface area (Å²) in [4.78, 5) is 0. The van der Waals surface area contributed by atoms with Crippen LogP contribution in [0.4, 0.5) is 0 Å². The summed E-state index contributed by atoms with van der Waals surface area (Å²) in [7, 11) is -9.58. The quantitative estimate of drug-likeness (QED) is 0.278. The van der Waals surface area contributed by atoms with Gasteiger partial charge in [-0.15, -0.1) is 0 Å². The van der Waals surface area contributed by atoms with Gasteiger partial charge in [-0.2, -0.15) is 0 Å². The summed E-state index contributed by atoms with van der Waals surface area (Å²) >= 11 is 0. The molecular weight excluding hydrogens is 340 g/mol. The SMILES string of the molecule is O=S(=O)([O-])NC1COC(COS(=O)(=O)[O-])CC1O.[Na+].[Na+]. The summed E-state index contributed by atoms with van der Waals surface area (Å²) < 4.78 is 72.3. The van der Waals surface area contributed by atoms with Crippen LogP contribution in [0.3, 0.4) is 0 Å². The van der Waals surface area contributed by atoms with Crippen molar-refractivity contribution in [1.82, 2.24) is 4.72 Å². The summed E-state index contributed by atoms with van der Waals surface area (Å²) in [6.45, 7) is -0.921. The van der Waals surface area contributed by atoms with Gasteiger partial charge in [0.25, 0.3) is 0 Å². The van der Waals surface area contributed by atoms with Gasteiger partial charge in [-0.1, -0.05) is 0 Å². The van der Waals surface area contributed by atoms with E-state index in [2.05, 4.69) is 4.18 Å². The number of rotatable bonds is 5. The van der Waals surface area contributed by atoms with Crippen LogP contribution < -0.4 is 63.8 Å². The molecule has 1 aliphatic heterocycles. The Balaban J connectivity index is 0. The van der Waals surface area contributed by atoms with E-state index in [0.717, 1.165) is 0 Å². The van der Waals surface area contributed by atoms with Crippen molar-refractivity contribution in [2.75, 3.05) is 13.2 Å². The van der Waals surface area contributed by atoms with Crippen LogP contribution in [0.5, 0.6) is 0 Å². The summed E-state index contributed by atoms with van der Waals surface area (Å²) in [5.41, 5.74) is 0. The first-order valence-corrected chi connectivity index (χ1v) is 7.44. The molecule has 2 N–H and O–H groups in total. The molecule has 0 radical (unpaired) electrons. The third-order valence-corrected chi connectivity index (χ3v) is 3.19. The maximum atomic E-state index is 10.4. The van der Waals surface area contributed by atoms with E-state index in [1.54, 1.807) is 4.72 Å². The molecule has 3 atom stereocenters. The van der Waals surface area contributed by atoms with E-state index >= 15 is 0 Å². The summed E-state index contributed by atoms with van der Waals surface area (Å²) in [5.74, 6) is 0. The van der Waals surface area contributed by atoms with Crippen molar-refractivity contribution in [3.63, 3.8) is 0 Å². The molecule has 0 aromatic heterocycles. The van der Waals surface area contributed by atoms with Crippen LogP contribution in [0.25, 0.3) is 0 Å². The first kappa shape index (κ1) is 23.9. The van der Waals surface area contributed by atoms with Crippen LogP contribution in [0.15, 0.2) is 0 Å². The molecule has 1 aliphatic rings. The average Bonchev–Trinajstić information content (AvgIpc) is 2.15. The van der Waals surface area contributed by atoms with Crippen LogP contribution in [0, 0.1) is 0 Å². The third-order valence-electron chi connectivity index (χ3n) is 2.17. The van der Waals surface area contributed by atoms with Crippen molar-refractivity contribution in [3.05, 3.63) is 0 Å². The zero-order valence-electron chi connectivity index (χ0n) is 10.9. The Bertz CT molecular complexity index is 481. The summed E-state index contributed by atoms with van der Waals surface area (Å²) in [5, 5.41) is 9.50. The average molecular weight is 351 g/mol. The molecule has 0 amide bonds.